The zero-order valence-electron chi connectivity index (χ0n) is 18.9. The lowest BCUT2D eigenvalue weighted by atomic mass is 10.1. The number of hydrogen-bond acceptors (Lipinski definition) is 8. The molecule has 0 aliphatic carbocycles. The number of aromatic amines is 1. The minimum atomic E-state index is -0.536. The van der Waals surface area contributed by atoms with Crippen LogP contribution in [0.5, 0.6) is 17.2 Å². The Labute approximate surface area is 205 Å². The molecule has 10 nitrogen and oxygen atoms in total. The summed E-state index contributed by atoms with van der Waals surface area (Å²) in [6, 6.07) is 14.4. The standard InChI is InChI=1S/C20H13ClN4O4.C4H8O2/c21-15-1-2-17(28-6-5-25-4-3-19(26)24-20(25)27)18(10-15)29-16-8-13(11-22)7-14(9-16)12-23;1-3-6-4(2)5/h1-4,7-10H,5-6H2,(H,24,26,27);3H2,1-2H3. The van der Waals surface area contributed by atoms with E-state index in [-0.39, 0.29) is 41.7 Å². The number of carbonyl (C=O) groups is 1. The van der Waals surface area contributed by atoms with E-state index in [1.165, 1.54) is 48.0 Å². The number of hydrogen-bond donors (Lipinski definition) is 1. The Kier molecular flexibility index (Phi) is 10.1. The fourth-order valence-electron chi connectivity index (χ4n) is 2.67. The van der Waals surface area contributed by atoms with Crippen molar-refractivity contribution in [2.75, 3.05) is 13.2 Å². The molecule has 2 aromatic carbocycles. The molecule has 0 unspecified atom stereocenters. The van der Waals surface area contributed by atoms with Gasteiger partial charge in [-0.3, -0.25) is 19.1 Å². The monoisotopic (exact) mass is 496 g/mol. The van der Waals surface area contributed by atoms with Crippen LogP contribution in [0.3, 0.4) is 0 Å². The minimum absolute atomic E-state index is 0.117. The van der Waals surface area contributed by atoms with Gasteiger partial charge in [0.15, 0.2) is 11.5 Å². The van der Waals surface area contributed by atoms with Crippen LogP contribution in [0.15, 0.2) is 58.3 Å². The lowest BCUT2D eigenvalue weighted by Crippen LogP contribution is -2.30. The first-order valence-corrected chi connectivity index (χ1v) is 10.6. The highest BCUT2D eigenvalue weighted by atomic mass is 35.5. The van der Waals surface area contributed by atoms with Gasteiger partial charge in [-0.2, -0.15) is 10.5 Å². The van der Waals surface area contributed by atoms with Crippen LogP contribution in [0.2, 0.25) is 5.02 Å². The van der Waals surface area contributed by atoms with Gasteiger partial charge in [0, 0.05) is 30.3 Å². The number of esters is 1. The van der Waals surface area contributed by atoms with Crippen molar-refractivity contribution < 1.29 is 19.0 Å². The lowest BCUT2D eigenvalue weighted by molar-refractivity contribution is -0.140. The Bertz CT molecular complexity index is 1350. The second-order valence-corrected chi connectivity index (χ2v) is 7.18. The molecule has 35 heavy (non-hydrogen) atoms. The summed E-state index contributed by atoms with van der Waals surface area (Å²) in [5, 5.41) is 18.6. The summed E-state index contributed by atoms with van der Waals surface area (Å²) in [6.07, 6.45) is 1.38. The van der Waals surface area contributed by atoms with E-state index in [0.717, 1.165) is 0 Å². The van der Waals surface area contributed by atoms with Crippen LogP contribution < -0.4 is 20.7 Å². The summed E-state index contributed by atoms with van der Waals surface area (Å²) in [6.45, 7) is 3.96. The van der Waals surface area contributed by atoms with Gasteiger partial charge in [0.25, 0.3) is 5.56 Å². The summed E-state index contributed by atoms with van der Waals surface area (Å²) in [4.78, 5) is 34.8. The molecule has 0 saturated heterocycles. The maximum atomic E-state index is 11.7. The molecule has 0 atom stereocenters. The summed E-state index contributed by atoms with van der Waals surface area (Å²) < 4.78 is 17.2. The van der Waals surface area contributed by atoms with Crippen LogP contribution in [0.4, 0.5) is 0 Å². The van der Waals surface area contributed by atoms with Crippen LogP contribution in [0.1, 0.15) is 25.0 Å². The molecule has 0 amide bonds. The third-order valence-corrected chi connectivity index (χ3v) is 4.37. The van der Waals surface area contributed by atoms with Crippen molar-refractivity contribution in [2.24, 2.45) is 0 Å². The third kappa shape index (κ3) is 8.72. The van der Waals surface area contributed by atoms with Gasteiger partial charge >= 0.3 is 11.7 Å². The molecule has 0 spiro atoms. The molecule has 1 heterocycles. The summed E-state index contributed by atoms with van der Waals surface area (Å²) in [5.74, 6) is 0.708. The van der Waals surface area contributed by atoms with Gasteiger partial charge in [-0.1, -0.05) is 11.6 Å². The van der Waals surface area contributed by atoms with E-state index in [9.17, 15) is 14.4 Å². The van der Waals surface area contributed by atoms with Crippen LogP contribution in [-0.2, 0) is 16.1 Å². The summed E-state index contributed by atoms with van der Waals surface area (Å²) >= 11 is 6.05. The van der Waals surface area contributed by atoms with Gasteiger partial charge < -0.3 is 14.2 Å². The number of aromatic nitrogens is 2. The average molecular weight is 497 g/mol. The average Bonchev–Trinajstić information content (AvgIpc) is 2.81. The summed E-state index contributed by atoms with van der Waals surface area (Å²) in [5.41, 5.74) is -0.454. The molecule has 0 bridgehead atoms. The normalized spacial score (nSPS) is 9.63. The van der Waals surface area contributed by atoms with Crippen molar-refractivity contribution in [3.8, 4) is 29.4 Å². The molecule has 3 rings (SSSR count). The zero-order valence-corrected chi connectivity index (χ0v) is 19.7. The fourth-order valence-corrected chi connectivity index (χ4v) is 2.83. The SMILES string of the molecule is CCOC(C)=O.N#Cc1cc(C#N)cc(Oc2cc(Cl)ccc2OCCn2ccc(=O)[nH]c2=O)c1. The molecule has 0 aliphatic rings. The number of nitrogens with one attached hydrogen (secondary N) is 1. The topological polar surface area (TPSA) is 147 Å². The molecule has 0 fully saturated rings. The fraction of sp³-hybridized carbons (Fsp3) is 0.208. The highest BCUT2D eigenvalue weighted by Crippen LogP contribution is 2.34. The predicted octanol–water partition coefficient (Wildman–Crippen LogP) is 3.37. The quantitative estimate of drug-likeness (QED) is 0.489. The van der Waals surface area contributed by atoms with E-state index in [0.29, 0.717) is 17.4 Å². The number of nitriles is 2. The molecule has 1 N–H and O–H groups in total. The Morgan fingerprint density at radius 2 is 1.74 bits per heavy atom. The Morgan fingerprint density at radius 3 is 2.29 bits per heavy atom. The molecular weight excluding hydrogens is 476 g/mol. The van der Waals surface area contributed by atoms with Crippen LogP contribution in [0, 0.1) is 22.7 Å². The van der Waals surface area contributed by atoms with Crippen molar-refractivity contribution >= 4 is 17.6 Å². The van der Waals surface area contributed by atoms with Crippen molar-refractivity contribution in [1.82, 2.24) is 9.55 Å². The van der Waals surface area contributed by atoms with Crippen LogP contribution in [-0.4, -0.2) is 28.7 Å². The van der Waals surface area contributed by atoms with E-state index in [4.69, 9.17) is 31.6 Å². The number of H-pyrrole nitrogens is 1. The highest BCUT2D eigenvalue weighted by molar-refractivity contribution is 6.30. The molecular formula is C24H21ClN4O6. The first kappa shape index (κ1) is 26.7. The molecule has 180 valence electrons. The molecule has 3 aromatic rings. The van der Waals surface area contributed by atoms with Crippen LogP contribution in [0.25, 0.3) is 0 Å². The maximum Gasteiger partial charge on any atom is 0.328 e. The molecule has 0 aliphatic heterocycles. The number of nitrogens with zero attached hydrogens (tertiary/aromatic N) is 3. The smallest absolute Gasteiger partial charge is 0.328 e. The Balaban J connectivity index is 0.000000641. The molecule has 0 saturated carbocycles. The Morgan fingerprint density at radius 1 is 1.06 bits per heavy atom. The molecule has 0 radical (unpaired) electrons. The van der Waals surface area contributed by atoms with Crippen LogP contribution >= 0.6 is 11.6 Å². The van der Waals surface area contributed by atoms with Gasteiger partial charge in [-0.15, -0.1) is 0 Å². The molecule has 1 aromatic heterocycles. The first-order chi connectivity index (χ1) is 16.7. The van der Waals surface area contributed by atoms with Crippen molar-refractivity contribution in [1.29, 1.82) is 10.5 Å². The number of benzene rings is 2. The first-order valence-electron chi connectivity index (χ1n) is 10.2. The molecule has 11 heteroatoms. The van der Waals surface area contributed by atoms with Gasteiger partial charge in [0.05, 0.1) is 36.4 Å². The van der Waals surface area contributed by atoms with Gasteiger partial charge in [-0.25, -0.2) is 4.79 Å². The van der Waals surface area contributed by atoms with E-state index >= 15 is 0 Å². The van der Waals surface area contributed by atoms with Crippen molar-refractivity contribution in [3.63, 3.8) is 0 Å². The second kappa shape index (κ2) is 13.2. The van der Waals surface area contributed by atoms with Crippen molar-refractivity contribution in [3.05, 3.63) is 85.6 Å². The summed E-state index contributed by atoms with van der Waals surface area (Å²) in [7, 11) is 0. The largest absolute Gasteiger partial charge is 0.488 e. The number of rotatable bonds is 7. The lowest BCUT2D eigenvalue weighted by Gasteiger charge is -2.14. The van der Waals surface area contributed by atoms with E-state index in [1.807, 2.05) is 12.1 Å². The van der Waals surface area contributed by atoms with Gasteiger partial charge in [0.2, 0.25) is 0 Å². The highest BCUT2D eigenvalue weighted by Gasteiger charge is 2.10. The second-order valence-electron chi connectivity index (χ2n) is 6.74. The number of halogens is 1. The Hall–Kier alpha value is -4.54. The van der Waals surface area contributed by atoms with Crippen molar-refractivity contribution in [2.45, 2.75) is 20.4 Å². The predicted molar refractivity (Wildman–Crippen MR) is 127 cm³/mol. The minimum Gasteiger partial charge on any atom is -0.488 e. The maximum absolute atomic E-state index is 11.7. The van der Waals surface area contributed by atoms with Gasteiger partial charge in [0.1, 0.15) is 12.4 Å². The van der Waals surface area contributed by atoms with E-state index in [1.54, 1.807) is 19.1 Å². The number of carbonyl (C=O) groups excluding carboxylic acids is 1. The van der Waals surface area contributed by atoms with E-state index < -0.39 is 11.2 Å². The zero-order chi connectivity index (χ0) is 25.8. The number of ether oxygens (including phenoxy) is 3. The van der Waals surface area contributed by atoms with E-state index in [2.05, 4.69) is 9.72 Å². The van der Waals surface area contributed by atoms with Gasteiger partial charge in [-0.05, 0) is 37.3 Å². The third-order valence-electron chi connectivity index (χ3n) is 4.13.